The van der Waals surface area contributed by atoms with Gasteiger partial charge in [-0.1, -0.05) is 12.1 Å². The lowest BCUT2D eigenvalue weighted by Crippen LogP contribution is -2.53. The largest absolute Gasteiger partial charge is 0.508 e. The smallest absolute Gasteiger partial charge is 0.328 e. The minimum atomic E-state index is -1.07. The minimum absolute atomic E-state index is 0.0372. The number of carbonyl (C=O) groups is 2. The molecule has 9 nitrogen and oxygen atoms in total. The van der Waals surface area contributed by atoms with Gasteiger partial charge in [-0.3, -0.25) is 14.6 Å². The topological polar surface area (TPSA) is 118 Å². The molecule has 2 unspecified atom stereocenters. The molecule has 5 rings (SSSR count). The van der Waals surface area contributed by atoms with E-state index in [0.717, 1.165) is 27.7 Å². The predicted octanol–water partition coefficient (Wildman–Crippen LogP) is 2.52. The number of nitrogens with one attached hydrogen (secondary N) is 2. The molecular weight excluding hydrogens is 448 g/mol. The number of rotatable bonds is 8. The molecule has 35 heavy (non-hydrogen) atoms. The number of amides is 3. The molecule has 1 fully saturated rings. The number of methoxy groups -OCH3 is 1. The molecule has 3 heterocycles. The van der Waals surface area contributed by atoms with E-state index in [4.69, 9.17) is 9.84 Å². The lowest BCUT2D eigenvalue weighted by Gasteiger charge is -2.42. The normalized spacial score (nSPS) is 21.5. The highest BCUT2D eigenvalue weighted by Gasteiger charge is 2.60. The lowest BCUT2D eigenvalue weighted by molar-refractivity contribution is -0.133. The number of hydrogen-bond acceptors (Lipinski definition) is 6. The number of aromatic hydroxyl groups is 1. The van der Waals surface area contributed by atoms with Gasteiger partial charge in [0.15, 0.2) is 0 Å². The van der Waals surface area contributed by atoms with E-state index in [9.17, 15) is 14.7 Å². The molecule has 184 valence electrons. The SMILES string of the molecule is COc1ccc2[nH]c3c(c2c1)CC1(C)C(=O)N(CCCNCCO)C(=O)N1C3c1cccc(O)c1. The predicted molar refractivity (Wildman–Crippen MR) is 130 cm³/mol. The number of aromatic amines is 1. The van der Waals surface area contributed by atoms with Crippen LogP contribution in [-0.2, 0) is 11.2 Å². The molecule has 2 aromatic carbocycles. The van der Waals surface area contributed by atoms with Crippen molar-refractivity contribution in [2.45, 2.75) is 31.3 Å². The van der Waals surface area contributed by atoms with Crippen LogP contribution in [0.25, 0.3) is 10.9 Å². The Balaban J connectivity index is 1.60. The van der Waals surface area contributed by atoms with E-state index < -0.39 is 11.6 Å². The number of imide groups is 1. The molecule has 0 spiro atoms. The van der Waals surface area contributed by atoms with Crippen LogP contribution in [0.1, 0.15) is 36.2 Å². The average Bonchev–Trinajstić information content (AvgIpc) is 3.29. The summed E-state index contributed by atoms with van der Waals surface area (Å²) in [5.41, 5.74) is 2.36. The minimum Gasteiger partial charge on any atom is -0.508 e. The van der Waals surface area contributed by atoms with Crippen molar-refractivity contribution in [1.82, 2.24) is 20.1 Å². The molecule has 0 aliphatic carbocycles. The highest BCUT2D eigenvalue weighted by Crippen LogP contribution is 2.49. The van der Waals surface area contributed by atoms with Gasteiger partial charge in [-0.05, 0) is 61.3 Å². The third-order valence-corrected chi connectivity index (χ3v) is 7.08. The second kappa shape index (κ2) is 8.90. The Morgan fingerprint density at radius 1 is 1.20 bits per heavy atom. The van der Waals surface area contributed by atoms with Gasteiger partial charge in [-0.15, -0.1) is 0 Å². The first-order valence-corrected chi connectivity index (χ1v) is 11.8. The highest BCUT2D eigenvalue weighted by molar-refractivity contribution is 6.08. The second-order valence-electron chi connectivity index (χ2n) is 9.31. The van der Waals surface area contributed by atoms with Crippen molar-refractivity contribution in [2.24, 2.45) is 0 Å². The van der Waals surface area contributed by atoms with Gasteiger partial charge in [-0.25, -0.2) is 4.79 Å². The summed E-state index contributed by atoms with van der Waals surface area (Å²) in [6, 6.07) is 11.7. The van der Waals surface area contributed by atoms with Crippen LogP contribution in [0.15, 0.2) is 42.5 Å². The Morgan fingerprint density at radius 3 is 2.77 bits per heavy atom. The van der Waals surface area contributed by atoms with Crippen LogP contribution in [0.4, 0.5) is 4.79 Å². The van der Waals surface area contributed by atoms with Crippen molar-refractivity contribution in [3.63, 3.8) is 0 Å². The van der Waals surface area contributed by atoms with Crippen LogP contribution in [0.5, 0.6) is 11.5 Å². The number of aliphatic hydroxyl groups excluding tert-OH is 1. The summed E-state index contributed by atoms with van der Waals surface area (Å²) in [4.78, 5) is 34.0. The molecule has 1 saturated heterocycles. The Kier molecular flexibility index (Phi) is 5.90. The summed E-state index contributed by atoms with van der Waals surface area (Å²) >= 11 is 0. The molecule has 3 aromatic rings. The monoisotopic (exact) mass is 478 g/mol. The Hall–Kier alpha value is -3.56. The van der Waals surface area contributed by atoms with Crippen LogP contribution in [-0.4, -0.2) is 75.8 Å². The van der Waals surface area contributed by atoms with Gasteiger partial charge in [0, 0.05) is 36.1 Å². The summed E-state index contributed by atoms with van der Waals surface area (Å²) in [5, 5.41) is 23.2. The average molecular weight is 479 g/mol. The van der Waals surface area contributed by atoms with E-state index in [1.54, 1.807) is 30.2 Å². The van der Waals surface area contributed by atoms with E-state index >= 15 is 0 Å². The number of phenolic OH excluding ortho intramolecular Hbond substituents is 1. The zero-order valence-electron chi connectivity index (χ0n) is 19.9. The third-order valence-electron chi connectivity index (χ3n) is 7.08. The first-order chi connectivity index (χ1) is 16.9. The number of fused-ring (bicyclic) bond motifs is 4. The first-order valence-electron chi connectivity index (χ1n) is 11.8. The number of aliphatic hydroxyl groups is 1. The Morgan fingerprint density at radius 2 is 2.03 bits per heavy atom. The van der Waals surface area contributed by atoms with Crippen LogP contribution in [0.2, 0.25) is 0 Å². The fraction of sp³-hybridized carbons (Fsp3) is 0.385. The van der Waals surface area contributed by atoms with Crippen LogP contribution in [0, 0.1) is 0 Å². The number of ether oxygens (including phenoxy) is 1. The van der Waals surface area contributed by atoms with E-state index in [0.29, 0.717) is 31.7 Å². The number of carbonyl (C=O) groups excluding carboxylic acids is 2. The zero-order chi connectivity index (χ0) is 24.7. The van der Waals surface area contributed by atoms with Crippen LogP contribution >= 0.6 is 0 Å². The van der Waals surface area contributed by atoms with Crippen molar-refractivity contribution >= 4 is 22.8 Å². The van der Waals surface area contributed by atoms with E-state index in [2.05, 4.69) is 10.3 Å². The summed E-state index contributed by atoms with van der Waals surface area (Å²) in [6.45, 7) is 3.21. The number of aromatic nitrogens is 1. The fourth-order valence-electron chi connectivity index (χ4n) is 5.42. The van der Waals surface area contributed by atoms with Gasteiger partial charge in [0.1, 0.15) is 23.1 Å². The zero-order valence-corrected chi connectivity index (χ0v) is 19.9. The Bertz CT molecular complexity index is 1290. The van der Waals surface area contributed by atoms with Gasteiger partial charge >= 0.3 is 6.03 Å². The van der Waals surface area contributed by atoms with E-state index in [1.165, 1.54) is 4.90 Å². The quantitative estimate of drug-likeness (QED) is 0.292. The molecule has 4 N–H and O–H groups in total. The van der Waals surface area contributed by atoms with Gasteiger partial charge < -0.3 is 25.3 Å². The van der Waals surface area contributed by atoms with Crippen molar-refractivity contribution in [2.75, 3.05) is 33.4 Å². The maximum atomic E-state index is 13.7. The first kappa shape index (κ1) is 23.2. The van der Waals surface area contributed by atoms with Crippen molar-refractivity contribution in [1.29, 1.82) is 0 Å². The number of benzene rings is 2. The number of H-pyrrole nitrogens is 1. The molecule has 2 atom stereocenters. The van der Waals surface area contributed by atoms with E-state index in [1.807, 2.05) is 31.2 Å². The molecule has 3 amide bonds. The standard InChI is InChI=1S/C26H30N4O5/c1-26-15-20-19-14-18(35-2)7-8-21(19)28-22(20)23(16-5-3-6-17(32)13-16)30(26)25(34)29(24(26)33)11-4-9-27-10-12-31/h3,5-8,13-14,23,27-28,31-32H,4,9-12,15H2,1-2H3. The molecule has 0 saturated carbocycles. The second-order valence-corrected chi connectivity index (χ2v) is 9.31. The van der Waals surface area contributed by atoms with Crippen molar-refractivity contribution < 1.29 is 24.5 Å². The molecule has 0 bridgehead atoms. The number of hydrogen-bond donors (Lipinski definition) is 4. The summed E-state index contributed by atoms with van der Waals surface area (Å²) in [5.74, 6) is 0.586. The number of phenols is 1. The summed E-state index contributed by atoms with van der Waals surface area (Å²) in [7, 11) is 1.62. The van der Waals surface area contributed by atoms with Crippen LogP contribution in [0.3, 0.4) is 0 Å². The molecule has 2 aliphatic rings. The van der Waals surface area contributed by atoms with Gasteiger partial charge in [0.2, 0.25) is 0 Å². The summed E-state index contributed by atoms with van der Waals surface area (Å²) < 4.78 is 5.44. The molecule has 1 aromatic heterocycles. The summed E-state index contributed by atoms with van der Waals surface area (Å²) in [6.07, 6.45) is 0.957. The van der Waals surface area contributed by atoms with Gasteiger partial charge in [-0.2, -0.15) is 0 Å². The third kappa shape index (κ3) is 3.71. The van der Waals surface area contributed by atoms with E-state index in [-0.39, 0.29) is 30.8 Å². The molecule has 2 aliphatic heterocycles. The highest BCUT2D eigenvalue weighted by atomic mass is 16.5. The van der Waals surface area contributed by atoms with Crippen molar-refractivity contribution in [3.05, 3.63) is 59.3 Å². The van der Waals surface area contributed by atoms with Gasteiger partial charge in [0.05, 0.1) is 13.7 Å². The number of nitrogens with zero attached hydrogens (tertiary/aromatic N) is 2. The maximum absolute atomic E-state index is 13.7. The Labute approximate surface area is 203 Å². The van der Waals surface area contributed by atoms with Crippen molar-refractivity contribution in [3.8, 4) is 11.5 Å². The fourth-order valence-corrected chi connectivity index (χ4v) is 5.42. The maximum Gasteiger partial charge on any atom is 0.328 e. The van der Waals surface area contributed by atoms with Crippen LogP contribution < -0.4 is 10.1 Å². The molecule has 9 heteroatoms. The number of urea groups is 1. The molecular formula is C26H30N4O5. The lowest BCUT2D eigenvalue weighted by atomic mass is 9.81. The van der Waals surface area contributed by atoms with Gasteiger partial charge in [0.25, 0.3) is 5.91 Å². The molecule has 0 radical (unpaired) electrons.